The molecular formula is C12H15NO4. The highest BCUT2D eigenvalue weighted by Crippen LogP contribution is 2.34. The molecule has 0 N–H and O–H groups in total. The van der Waals surface area contributed by atoms with E-state index in [9.17, 15) is 9.59 Å². The van der Waals surface area contributed by atoms with Crippen LogP contribution in [0.4, 0.5) is 5.69 Å². The molecule has 0 aliphatic heterocycles. The number of hydrogen-bond acceptors (Lipinski definition) is 4. The second-order valence-electron chi connectivity index (χ2n) is 3.50. The highest BCUT2D eigenvalue weighted by molar-refractivity contribution is 6.02. The number of benzene rings is 1. The second-order valence-corrected chi connectivity index (χ2v) is 3.50. The van der Waals surface area contributed by atoms with Crippen molar-refractivity contribution in [3.05, 3.63) is 17.7 Å². The van der Waals surface area contributed by atoms with Crippen molar-refractivity contribution in [1.29, 1.82) is 0 Å². The maximum absolute atomic E-state index is 11.5. The minimum Gasteiger partial charge on any atom is -0.493 e. The van der Waals surface area contributed by atoms with Crippen LogP contribution in [0.1, 0.15) is 17.3 Å². The lowest BCUT2D eigenvalue weighted by atomic mass is 10.1. The van der Waals surface area contributed by atoms with Gasteiger partial charge in [0.05, 0.1) is 19.9 Å². The van der Waals surface area contributed by atoms with Crippen LogP contribution in [0.2, 0.25) is 0 Å². The van der Waals surface area contributed by atoms with E-state index in [0.717, 1.165) is 0 Å². The number of hydrogen-bond donors (Lipinski definition) is 0. The van der Waals surface area contributed by atoms with Crippen molar-refractivity contribution in [3.63, 3.8) is 0 Å². The molecule has 5 heteroatoms. The summed E-state index contributed by atoms with van der Waals surface area (Å²) in [4.78, 5) is 23.6. The van der Waals surface area contributed by atoms with Gasteiger partial charge >= 0.3 is 0 Å². The van der Waals surface area contributed by atoms with E-state index in [1.54, 1.807) is 19.2 Å². The fourth-order valence-corrected chi connectivity index (χ4v) is 1.50. The van der Waals surface area contributed by atoms with Gasteiger partial charge in [0, 0.05) is 18.7 Å². The average molecular weight is 237 g/mol. The third kappa shape index (κ3) is 2.55. The smallest absolute Gasteiger partial charge is 0.213 e. The first-order chi connectivity index (χ1) is 8.04. The minimum absolute atomic E-state index is 0.144. The monoisotopic (exact) mass is 237 g/mol. The molecule has 0 heterocycles. The van der Waals surface area contributed by atoms with E-state index in [1.807, 2.05) is 0 Å². The Morgan fingerprint density at radius 1 is 1.24 bits per heavy atom. The predicted octanol–water partition coefficient (Wildman–Crippen LogP) is 1.50. The van der Waals surface area contributed by atoms with Gasteiger partial charge < -0.3 is 14.4 Å². The summed E-state index contributed by atoms with van der Waals surface area (Å²) >= 11 is 0. The number of methoxy groups -OCH3 is 2. The van der Waals surface area contributed by atoms with Crippen molar-refractivity contribution >= 4 is 17.9 Å². The minimum atomic E-state index is -0.144. The molecule has 17 heavy (non-hydrogen) atoms. The lowest BCUT2D eigenvalue weighted by molar-refractivity contribution is -0.107. The third-order valence-electron chi connectivity index (χ3n) is 2.42. The van der Waals surface area contributed by atoms with E-state index in [-0.39, 0.29) is 5.78 Å². The second kappa shape index (κ2) is 5.34. The quantitative estimate of drug-likeness (QED) is 0.575. The van der Waals surface area contributed by atoms with Crippen LogP contribution < -0.4 is 14.4 Å². The molecule has 1 amide bonds. The lowest BCUT2D eigenvalue weighted by Crippen LogP contribution is -2.17. The molecule has 1 aromatic carbocycles. The molecule has 0 saturated carbocycles. The van der Waals surface area contributed by atoms with Crippen LogP contribution in [-0.2, 0) is 4.79 Å². The van der Waals surface area contributed by atoms with Crippen LogP contribution in [0, 0.1) is 0 Å². The molecule has 1 aromatic rings. The molecule has 0 aromatic heterocycles. The third-order valence-corrected chi connectivity index (χ3v) is 2.42. The number of carbonyl (C=O) groups is 2. The number of anilines is 1. The Labute approximate surface area is 99.9 Å². The van der Waals surface area contributed by atoms with Gasteiger partial charge in [-0.3, -0.25) is 9.59 Å². The summed E-state index contributed by atoms with van der Waals surface area (Å²) < 4.78 is 10.2. The molecule has 0 spiro atoms. The van der Waals surface area contributed by atoms with Gasteiger partial charge in [0.1, 0.15) is 0 Å². The van der Waals surface area contributed by atoms with Gasteiger partial charge in [0.2, 0.25) is 6.41 Å². The molecule has 0 unspecified atom stereocenters. The number of rotatable bonds is 5. The number of amides is 1. The van der Waals surface area contributed by atoms with Crippen molar-refractivity contribution in [3.8, 4) is 11.5 Å². The highest BCUT2D eigenvalue weighted by atomic mass is 16.5. The SMILES string of the molecule is COc1cc(C(C)=O)c(N(C)C=O)cc1OC. The molecule has 0 aliphatic carbocycles. The first-order valence-electron chi connectivity index (χ1n) is 5.00. The summed E-state index contributed by atoms with van der Waals surface area (Å²) in [5.74, 6) is 0.789. The Morgan fingerprint density at radius 3 is 2.18 bits per heavy atom. The first-order valence-corrected chi connectivity index (χ1v) is 5.00. The van der Waals surface area contributed by atoms with E-state index in [4.69, 9.17) is 9.47 Å². The van der Waals surface area contributed by atoms with Crippen LogP contribution in [0.25, 0.3) is 0 Å². The van der Waals surface area contributed by atoms with E-state index < -0.39 is 0 Å². The summed E-state index contributed by atoms with van der Waals surface area (Å²) in [5, 5.41) is 0. The van der Waals surface area contributed by atoms with Gasteiger partial charge in [0.25, 0.3) is 0 Å². The maximum Gasteiger partial charge on any atom is 0.213 e. The summed E-state index contributed by atoms with van der Waals surface area (Å²) in [5.41, 5.74) is 0.905. The van der Waals surface area contributed by atoms with Crippen LogP contribution in [-0.4, -0.2) is 33.5 Å². The van der Waals surface area contributed by atoms with E-state index >= 15 is 0 Å². The molecule has 0 bridgehead atoms. The van der Waals surface area contributed by atoms with Gasteiger partial charge in [-0.15, -0.1) is 0 Å². The number of Topliss-reactive ketones (excluding diaryl/α,β-unsaturated/α-hetero) is 1. The van der Waals surface area contributed by atoms with E-state index in [0.29, 0.717) is 29.2 Å². The van der Waals surface area contributed by atoms with Crippen molar-refractivity contribution in [1.82, 2.24) is 0 Å². The van der Waals surface area contributed by atoms with Gasteiger partial charge in [-0.25, -0.2) is 0 Å². The lowest BCUT2D eigenvalue weighted by Gasteiger charge is -2.17. The van der Waals surface area contributed by atoms with Gasteiger partial charge in [-0.1, -0.05) is 0 Å². The van der Waals surface area contributed by atoms with Crippen LogP contribution >= 0.6 is 0 Å². The van der Waals surface area contributed by atoms with Crippen molar-refractivity contribution in [2.75, 3.05) is 26.2 Å². The molecule has 0 aliphatic rings. The van der Waals surface area contributed by atoms with Crippen LogP contribution in [0.3, 0.4) is 0 Å². The van der Waals surface area contributed by atoms with E-state index in [1.165, 1.54) is 26.0 Å². The van der Waals surface area contributed by atoms with E-state index in [2.05, 4.69) is 0 Å². The summed E-state index contributed by atoms with van der Waals surface area (Å²) in [6.45, 7) is 1.43. The number of ketones is 1. The Kier molecular flexibility index (Phi) is 4.09. The molecule has 0 atom stereocenters. The zero-order chi connectivity index (χ0) is 13.0. The molecule has 0 radical (unpaired) electrons. The van der Waals surface area contributed by atoms with Crippen LogP contribution in [0.15, 0.2) is 12.1 Å². The molecule has 5 nitrogen and oxygen atoms in total. The zero-order valence-corrected chi connectivity index (χ0v) is 10.3. The first kappa shape index (κ1) is 13.0. The fourth-order valence-electron chi connectivity index (χ4n) is 1.50. The predicted molar refractivity (Wildman–Crippen MR) is 64.0 cm³/mol. The Morgan fingerprint density at radius 2 is 1.76 bits per heavy atom. The Balaban J connectivity index is 3.45. The molecule has 0 saturated heterocycles. The van der Waals surface area contributed by atoms with Gasteiger partial charge in [-0.05, 0) is 13.0 Å². The van der Waals surface area contributed by atoms with Gasteiger partial charge in [-0.2, -0.15) is 0 Å². The molecule has 0 fully saturated rings. The van der Waals surface area contributed by atoms with Crippen LogP contribution in [0.5, 0.6) is 11.5 Å². The Hall–Kier alpha value is -2.04. The Bertz CT molecular complexity index is 442. The highest BCUT2D eigenvalue weighted by Gasteiger charge is 2.16. The maximum atomic E-state index is 11.5. The standard InChI is InChI=1S/C12H15NO4/c1-8(15)9-5-11(16-3)12(17-4)6-10(9)13(2)7-14/h5-7H,1-4H3. The van der Waals surface area contributed by atoms with Gasteiger partial charge in [0.15, 0.2) is 17.3 Å². The molecule has 1 rings (SSSR count). The largest absolute Gasteiger partial charge is 0.493 e. The van der Waals surface area contributed by atoms with Crippen molar-refractivity contribution in [2.24, 2.45) is 0 Å². The summed E-state index contributed by atoms with van der Waals surface area (Å²) in [6, 6.07) is 3.17. The molecular weight excluding hydrogens is 222 g/mol. The topological polar surface area (TPSA) is 55.8 Å². The number of nitrogens with zero attached hydrogens (tertiary/aromatic N) is 1. The summed E-state index contributed by atoms with van der Waals surface area (Å²) in [7, 11) is 4.56. The number of carbonyl (C=O) groups excluding carboxylic acids is 2. The fraction of sp³-hybridized carbons (Fsp3) is 0.333. The van der Waals surface area contributed by atoms with Crippen molar-refractivity contribution < 1.29 is 19.1 Å². The zero-order valence-electron chi connectivity index (χ0n) is 10.3. The normalized spacial score (nSPS) is 9.65. The molecule has 92 valence electrons. The van der Waals surface area contributed by atoms with Crippen molar-refractivity contribution in [2.45, 2.75) is 6.92 Å². The average Bonchev–Trinajstić information content (AvgIpc) is 2.35. The number of ether oxygens (including phenoxy) is 2. The summed E-state index contributed by atoms with van der Waals surface area (Å²) in [6.07, 6.45) is 0.633.